The second-order valence-electron chi connectivity index (χ2n) is 11.8. The van der Waals surface area contributed by atoms with Gasteiger partial charge in [0.2, 0.25) is 23.6 Å². The van der Waals surface area contributed by atoms with Crippen molar-refractivity contribution in [2.24, 2.45) is 11.7 Å². The fourth-order valence-electron chi connectivity index (χ4n) is 4.05. The Morgan fingerprint density at radius 3 is 2.13 bits per heavy atom. The molecule has 45 heavy (non-hydrogen) atoms. The summed E-state index contributed by atoms with van der Waals surface area (Å²) in [6.07, 6.45) is 1.48. The van der Waals surface area contributed by atoms with E-state index in [2.05, 4.69) is 31.2 Å². The lowest BCUT2D eigenvalue weighted by molar-refractivity contribution is -0.154. The van der Waals surface area contributed by atoms with Crippen molar-refractivity contribution in [3.05, 3.63) is 54.1 Å². The highest BCUT2D eigenvalue weighted by atomic mass is 16.6. The third-order valence-corrected chi connectivity index (χ3v) is 6.01. The molecular weight excluding hydrogens is 586 g/mol. The second kappa shape index (κ2) is 17.4. The summed E-state index contributed by atoms with van der Waals surface area (Å²) in [6, 6.07) is 5.05. The monoisotopic (exact) mass is 629 g/mol. The number of nitrogens with zero attached hydrogens (tertiary/aromatic N) is 1. The van der Waals surface area contributed by atoms with Gasteiger partial charge in [-0.25, -0.2) is 9.78 Å². The van der Waals surface area contributed by atoms with Gasteiger partial charge >= 0.3 is 12.1 Å². The Kier molecular flexibility index (Phi) is 14.0. The molecule has 2 rings (SSSR count). The van der Waals surface area contributed by atoms with Crippen LogP contribution in [0.15, 0.2) is 42.9 Å². The lowest BCUT2D eigenvalue weighted by Crippen LogP contribution is -2.58. The molecule has 1 aromatic heterocycles. The Morgan fingerprint density at radius 2 is 1.56 bits per heavy atom. The number of imidazole rings is 1. The van der Waals surface area contributed by atoms with Gasteiger partial charge < -0.3 is 41.5 Å². The molecule has 3 atom stereocenters. The second-order valence-corrected chi connectivity index (χ2v) is 11.8. The Labute approximate surface area is 261 Å². The summed E-state index contributed by atoms with van der Waals surface area (Å²) in [5, 5.41) is 9.91. The zero-order chi connectivity index (χ0) is 33.6. The molecule has 5 amide bonds. The maximum absolute atomic E-state index is 13.4. The predicted molar refractivity (Wildman–Crippen MR) is 162 cm³/mol. The number of hydrogen-bond donors (Lipinski definition) is 6. The number of carbonyl (C=O) groups is 6. The number of nitrogens with two attached hydrogens (primary N) is 1. The number of nitrogens with one attached hydrogen (secondary N) is 5. The van der Waals surface area contributed by atoms with E-state index in [4.69, 9.17) is 15.2 Å². The molecule has 1 heterocycles. The molecule has 0 aliphatic rings. The quantitative estimate of drug-likeness (QED) is 0.143. The van der Waals surface area contributed by atoms with Crippen LogP contribution in [0.1, 0.15) is 58.7 Å². The minimum Gasteiger partial charge on any atom is -0.459 e. The van der Waals surface area contributed by atoms with Crippen molar-refractivity contribution in [3.8, 4) is 0 Å². The number of ether oxygens (including phenoxy) is 2. The van der Waals surface area contributed by atoms with E-state index in [0.29, 0.717) is 5.69 Å². The standard InChI is InChI=1S/C30H43N7O8/c1-18(2)11-21(26(40)33-15-25(39)45-30(3,4)5)35-28(42)23(13-24(31)38)36-27(41)22(12-20-14-32-17-34-20)37-29(43)44-16-19-9-7-6-8-10-19/h6-10,14,17-18,21-23H,11-13,15-16H2,1-5H3,(H2,31,38)(H,32,34)(H,33,40)(H,35,42)(H,36,41)(H,37,43). The van der Waals surface area contributed by atoms with E-state index < -0.39 is 72.4 Å². The van der Waals surface area contributed by atoms with Gasteiger partial charge in [-0.2, -0.15) is 0 Å². The number of alkyl carbamates (subject to hydrolysis) is 1. The largest absolute Gasteiger partial charge is 0.459 e. The van der Waals surface area contributed by atoms with Gasteiger partial charge in [-0.3, -0.25) is 24.0 Å². The van der Waals surface area contributed by atoms with E-state index in [1.54, 1.807) is 45.0 Å². The summed E-state index contributed by atoms with van der Waals surface area (Å²) >= 11 is 0. The molecule has 0 saturated carbocycles. The van der Waals surface area contributed by atoms with Gasteiger partial charge in [0.15, 0.2) is 0 Å². The van der Waals surface area contributed by atoms with Crippen molar-refractivity contribution >= 4 is 35.7 Å². The van der Waals surface area contributed by atoms with Crippen molar-refractivity contribution in [2.45, 2.75) is 84.2 Å². The molecule has 3 unspecified atom stereocenters. The van der Waals surface area contributed by atoms with E-state index in [-0.39, 0.29) is 25.4 Å². The Bertz CT molecular complexity index is 1290. The molecule has 0 bridgehead atoms. The fourth-order valence-corrected chi connectivity index (χ4v) is 4.05. The van der Waals surface area contributed by atoms with Crippen molar-refractivity contribution in [1.29, 1.82) is 0 Å². The topological polar surface area (TPSA) is 224 Å². The molecule has 0 fully saturated rings. The number of rotatable bonds is 16. The van der Waals surface area contributed by atoms with Crippen LogP contribution in [0.5, 0.6) is 0 Å². The SMILES string of the molecule is CC(C)CC(NC(=O)C(CC(N)=O)NC(=O)C(Cc1cnc[nH]1)NC(=O)OCc1ccccc1)C(=O)NCC(=O)OC(C)(C)C. The molecule has 0 saturated heterocycles. The van der Waals surface area contributed by atoms with Crippen molar-refractivity contribution in [2.75, 3.05) is 6.54 Å². The fraction of sp³-hybridized carbons (Fsp3) is 0.500. The first-order chi connectivity index (χ1) is 21.1. The Hall–Kier alpha value is -4.95. The summed E-state index contributed by atoms with van der Waals surface area (Å²) in [7, 11) is 0. The summed E-state index contributed by atoms with van der Waals surface area (Å²) in [4.78, 5) is 82.9. The normalized spacial score (nSPS) is 13.1. The molecule has 1 aromatic carbocycles. The third-order valence-electron chi connectivity index (χ3n) is 6.01. The molecule has 2 aromatic rings. The number of esters is 1. The number of primary amides is 1. The lowest BCUT2D eigenvalue weighted by atomic mass is 10.0. The van der Waals surface area contributed by atoms with Crippen LogP contribution in [0.25, 0.3) is 0 Å². The van der Waals surface area contributed by atoms with Crippen molar-refractivity contribution < 1.29 is 38.2 Å². The number of amides is 5. The predicted octanol–water partition coefficient (Wildman–Crippen LogP) is 0.596. The Balaban J connectivity index is 2.14. The van der Waals surface area contributed by atoms with Gasteiger partial charge in [0.25, 0.3) is 0 Å². The highest BCUT2D eigenvalue weighted by Gasteiger charge is 2.32. The number of aromatic nitrogens is 2. The van der Waals surface area contributed by atoms with Gasteiger partial charge in [-0.1, -0.05) is 44.2 Å². The molecule has 15 heteroatoms. The number of H-pyrrole nitrogens is 1. The van der Waals surface area contributed by atoms with Gasteiger partial charge in [-0.05, 0) is 38.7 Å². The van der Waals surface area contributed by atoms with E-state index in [1.165, 1.54) is 12.5 Å². The first-order valence-electron chi connectivity index (χ1n) is 14.5. The van der Waals surface area contributed by atoms with Crippen LogP contribution >= 0.6 is 0 Å². The Morgan fingerprint density at radius 1 is 0.911 bits per heavy atom. The highest BCUT2D eigenvalue weighted by molar-refractivity contribution is 5.96. The van der Waals surface area contributed by atoms with Crippen LogP contribution in [0.2, 0.25) is 0 Å². The van der Waals surface area contributed by atoms with Crippen LogP contribution in [0, 0.1) is 5.92 Å². The maximum Gasteiger partial charge on any atom is 0.408 e. The summed E-state index contributed by atoms with van der Waals surface area (Å²) in [6.45, 7) is 8.23. The first kappa shape index (κ1) is 36.2. The smallest absolute Gasteiger partial charge is 0.408 e. The van der Waals surface area contributed by atoms with Crippen LogP contribution in [-0.2, 0) is 46.5 Å². The summed E-state index contributed by atoms with van der Waals surface area (Å²) < 4.78 is 10.4. The molecule has 246 valence electrons. The molecule has 0 aliphatic carbocycles. The van der Waals surface area contributed by atoms with Crippen molar-refractivity contribution in [1.82, 2.24) is 31.2 Å². The first-order valence-corrected chi connectivity index (χ1v) is 14.5. The van der Waals surface area contributed by atoms with Crippen LogP contribution in [-0.4, -0.2) is 75.9 Å². The number of benzene rings is 1. The van der Waals surface area contributed by atoms with E-state index in [1.807, 2.05) is 19.9 Å². The number of carbonyl (C=O) groups excluding carboxylic acids is 6. The van der Waals surface area contributed by atoms with Gasteiger partial charge in [0.1, 0.15) is 36.9 Å². The van der Waals surface area contributed by atoms with Crippen LogP contribution < -0.4 is 27.0 Å². The molecule has 0 spiro atoms. The highest BCUT2D eigenvalue weighted by Crippen LogP contribution is 2.09. The van der Waals surface area contributed by atoms with Crippen LogP contribution in [0.4, 0.5) is 4.79 Å². The van der Waals surface area contributed by atoms with Crippen LogP contribution in [0.3, 0.4) is 0 Å². The van der Waals surface area contributed by atoms with Crippen molar-refractivity contribution in [3.63, 3.8) is 0 Å². The molecule has 0 radical (unpaired) electrons. The number of aromatic amines is 1. The third kappa shape index (κ3) is 14.4. The minimum absolute atomic E-state index is 0.0506. The average molecular weight is 630 g/mol. The minimum atomic E-state index is -1.49. The molecule has 15 nitrogen and oxygen atoms in total. The van der Waals surface area contributed by atoms with Gasteiger partial charge in [0.05, 0.1) is 12.7 Å². The van der Waals surface area contributed by atoms with E-state index in [0.717, 1.165) is 5.56 Å². The molecular formula is C30H43N7O8. The zero-order valence-corrected chi connectivity index (χ0v) is 26.2. The lowest BCUT2D eigenvalue weighted by Gasteiger charge is -2.25. The summed E-state index contributed by atoms with van der Waals surface area (Å²) in [5.74, 6) is -3.97. The molecule has 7 N–H and O–H groups in total. The van der Waals surface area contributed by atoms with Gasteiger partial charge in [0, 0.05) is 18.3 Å². The van der Waals surface area contributed by atoms with E-state index in [9.17, 15) is 28.8 Å². The van der Waals surface area contributed by atoms with E-state index >= 15 is 0 Å². The zero-order valence-electron chi connectivity index (χ0n) is 26.2. The summed E-state index contributed by atoms with van der Waals surface area (Å²) in [5.41, 5.74) is 5.84. The maximum atomic E-state index is 13.4. The molecule has 0 aliphatic heterocycles. The number of hydrogen-bond acceptors (Lipinski definition) is 9. The van der Waals surface area contributed by atoms with Gasteiger partial charge in [-0.15, -0.1) is 0 Å². The average Bonchev–Trinajstić information content (AvgIpc) is 3.46.